The SMILES string of the molecule is C#CCCC[C@@H](NC(=O)[C@H](Cc1ccccc1)NC(=O)OCc1ccccc1)C(=O)O. The largest absolute Gasteiger partial charge is 0.480 e. The average Bonchev–Trinajstić information content (AvgIpc) is 2.78. The Morgan fingerprint density at radius 1 is 0.935 bits per heavy atom. The fraction of sp³-hybridized carbons (Fsp3) is 0.292. The third-order valence-electron chi connectivity index (χ3n) is 4.53. The number of nitrogens with one attached hydrogen (secondary N) is 2. The molecule has 0 unspecified atom stereocenters. The summed E-state index contributed by atoms with van der Waals surface area (Å²) in [7, 11) is 0. The molecule has 0 radical (unpaired) electrons. The lowest BCUT2D eigenvalue weighted by Crippen LogP contribution is -2.52. The van der Waals surface area contributed by atoms with Crippen molar-refractivity contribution < 1.29 is 24.2 Å². The Morgan fingerprint density at radius 2 is 1.55 bits per heavy atom. The molecule has 2 aromatic rings. The fourth-order valence-corrected chi connectivity index (χ4v) is 2.90. The van der Waals surface area contributed by atoms with Crippen LogP contribution in [-0.4, -0.2) is 35.2 Å². The van der Waals surface area contributed by atoms with Gasteiger partial charge in [-0.2, -0.15) is 0 Å². The molecule has 2 rings (SSSR count). The first-order chi connectivity index (χ1) is 15.0. The van der Waals surface area contributed by atoms with Gasteiger partial charge in [0.2, 0.25) is 5.91 Å². The Hall–Kier alpha value is -3.79. The quantitative estimate of drug-likeness (QED) is 0.382. The van der Waals surface area contributed by atoms with Crippen molar-refractivity contribution in [1.82, 2.24) is 10.6 Å². The summed E-state index contributed by atoms with van der Waals surface area (Å²) in [5.41, 5.74) is 1.62. The van der Waals surface area contributed by atoms with Gasteiger partial charge in [0, 0.05) is 12.8 Å². The molecule has 2 amide bonds. The second kappa shape index (κ2) is 12.7. The van der Waals surface area contributed by atoms with Gasteiger partial charge >= 0.3 is 12.1 Å². The van der Waals surface area contributed by atoms with E-state index in [4.69, 9.17) is 11.2 Å². The molecular formula is C24H26N2O5. The molecule has 0 aliphatic heterocycles. The van der Waals surface area contributed by atoms with Crippen molar-refractivity contribution in [2.45, 2.75) is 44.4 Å². The van der Waals surface area contributed by atoms with Crippen LogP contribution in [0.25, 0.3) is 0 Å². The summed E-state index contributed by atoms with van der Waals surface area (Å²) in [5.74, 6) is 0.685. The summed E-state index contributed by atoms with van der Waals surface area (Å²) in [6.07, 6.45) is 5.70. The molecule has 0 aliphatic carbocycles. The Kier molecular flexibility index (Phi) is 9.63. The first-order valence-corrected chi connectivity index (χ1v) is 9.97. The van der Waals surface area contributed by atoms with Gasteiger partial charge in [0.05, 0.1) is 0 Å². The summed E-state index contributed by atoms with van der Waals surface area (Å²) >= 11 is 0. The summed E-state index contributed by atoms with van der Waals surface area (Å²) in [6.45, 7) is 0.0518. The minimum absolute atomic E-state index is 0.0518. The highest BCUT2D eigenvalue weighted by molar-refractivity contribution is 5.89. The number of carbonyl (C=O) groups excluding carboxylic acids is 2. The number of terminal acetylenes is 1. The van der Waals surface area contributed by atoms with Crippen molar-refractivity contribution in [3.63, 3.8) is 0 Å². The van der Waals surface area contributed by atoms with Crippen LogP contribution in [0, 0.1) is 12.3 Å². The summed E-state index contributed by atoms with van der Waals surface area (Å²) in [4.78, 5) is 36.6. The van der Waals surface area contributed by atoms with Crippen molar-refractivity contribution in [3.05, 3.63) is 71.8 Å². The van der Waals surface area contributed by atoms with Crippen molar-refractivity contribution >= 4 is 18.0 Å². The lowest BCUT2D eigenvalue weighted by molar-refractivity contribution is -0.142. The summed E-state index contributed by atoms with van der Waals surface area (Å²) in [5, 5.41) is 14.5. The van der Waals surface area contributed by atoms with Crippen LogP contribution in [0.3, 0.4) is 0 Å². The number of amides is 2. The van der Waals surface area contributed by atoms with Crippen molar-refractivity contribution in [2.24, 2.45) is 0 Å². The summed E-state index contributed by atoms with van der Waals surface area (Å²) in [6, 6.07) is 16.2. The number of carboxylic acids is 1. The number of ether oxygens (including phenoxy) is 1. The molecule has 162 valence electrons. The predicted octanol–water partition coefficient (Wildman–Crippen LogP) is 2.90. The number of hydrogen-bond acceptors (Lipinski definition) is 4. The van der Waals surface area contributed by atoms with Gasteiger partial charge in [-0.15, -0.1) is 12.3 Å². The van der Waals surface area contributed by atoms with Gasteiger partial charge in [0.25, 0.3) is 0 Å². The van der Waals surface area contributed by atoms with Gasteiger partial charge in [-0.05, 0) is 24.0 Å². The highest BCUT2D eigenvalue weighted by Crippen LogP contribution is 2.07. The van der Waals surface area contributed by atoms with Crippen molar-refractivity contribution in [1.29, 1.82) is 0 Å². The van der Waals surface area contributed by atoms with E-state index in [0.29, 0.717) is 12.8 Å². The van der Waals surface area contributed by atoms with Crippen LogP contribution in [0.2, 0.25) is 0 Å². The average molecular weight is 422 g/mol. The van der Waals surface area contributed by atoms with Crippen LogP contribution in [0.4, 0.5) is 4.79 Å². The van der Waals surface area contributed by atoms with Crippen LogP contribution >= 0.6 is 0 Å². The molecular weight excluding hydrogens is 396 g/mol. The van der Waals surface area contributed by atoms with Gasteiger partial charge in [0.1, 0.15) is 18.7 Å². The van der Waals surface area contributed by atoms with Crippen LogP contribution < -0.4 is 10.6 Å². The standard InChI is InChI=1S/C24H26N2O5/c1-2-3-6-15-20(23(28)29)25-22(27)21(16-18-11-7-4-8-12-18)26-24(30)31-17-19-13-9-5-10-14-19/h1,4-5,7-14,20-21H,3,6,15-17H2,(H,25,27)(H,26,30)(H,28,29)/t20-,21+/m1/s1. The number of alkyl carbamates (subject to hydrolysis) is 1. The van der Waals surface area contributed by atoms with Gasteiger partial charge in [0.15, 0.2) is 0 Å². The summed E-state index contributed by atoms with van der Waals surface area (Å²) < 4.78 is 5.21. The van der Waals surface area contributed by atoms with E-state index in [-0.39, 0.29) is 19.4 Å². The zero-order chi connectivity index (χ0) is 22.5. The number of carboxylic acid groups (broad SMARTS) is 1. The number of benzene rings is 2. The van der Waals surface area contributed by atoms with Crippen LogP contribution in [0.1, 0.15) is 30.4 Å². The number of unbranched alkanes of at least 4 members (excludes halogenated alkanes) is 1. The van der Waals surface area contributed by atoms with E-state index >= 15 is 0 Å². The fourth-order valence-electron chi connectivity index (χ4n) is 2.90. The normalized spacial score (nSPS) is 12.1. The van der Waals surface area contributed by atoms with Crippen LogP contribution in [-0.2, 0) is 27.4 Å². The second-order valence-corrected chi connectivity index (χ2v) is 6.94. The van der Waals surface area contributed by atoms with Gasteiger partial charge in [-0.3, -0.25) is 4.79 Å². The lowest BCUT2D eigenvalue weighted by atomic mass is 10.0. The van der Waals surface area contributed by atoms with E-state index in [9.17, 15) is 19.5 Å². The molecule has 3 N–H and O–H groups in total. The minimum Gasteiger partial charge on any atom is -0.480 e. The minimum atomic E-state index is -1.16. The maximum atomic E-state index is 12.8. The smallest absolute Gasteiger partial charge is 0.408 e. The molecule has 0 bridgehead atoms. The third kappa shape index (κ3) is 8.62. The number of rotatable bonds is 11. The Morgan fingerprint density at radius 3 is 2.13 bits per heavy atom. The molecule has 7 nitrogen and oxygen atoms in total. The van der Waals surface area contributed by atoms with E-state index < -0.39 is 30.1 Å². The predicted molar refractivity (Wildman–Crippen MR) is 116 cm³/mol. The van der Waals surface area contributed by atoms with E-state index in [2.05, 4.69) is 16.6 Å². The van der Waals surface area contributed by atoms with Gasteiger partial charge in [-0.1, -0.05) is 60.7 Å². The molecule has 2 atom stereocenters. The van der Waals surface area contributed by atoms with E-state index in [1.807, 2.05) is 60.7 Å². The maximum Gasteiger partial charge on any atom is 0.408 e. The van der Waals surface area contributed by atoms with Crippen LogP contribution in [0.5, 0.6) is 0 Å². The number of aliphatic carboxylic acids is 1. The zero-order valence-corrected chi connectivity index (χ0v) is 17.1. The molecule has 2 aromatic carbocycles. The highest BCUT2D eigenvalue weighted by atomic mass is 16.5. The van der Waals surface area contributed by atoms with E-state index in [1.54, 1.807) is 0 Å². The van der Waals surface area contributed by atoms with Crippen LogP contribution in [0.15, 0.2) is 60.7 Å². The molecule has 0 aliphatic rings. The molecule has 0 aromatic heterocycles. The Bertz CT molecular complexity index is 893. The molecule has 0 spiro atoms. The molecule has 0 saturated carbocycles. The lowest BCUT2D eigenvalue weighted by Gasteiger charge is -2.21. The molecule has 31 heavy (non-hydrogen) atoms. The molecule has 0 heterocycles. The van der Waals surface area contributed by atoms with Gasteiger partial charge in [-0.25, -0.2) is 9.59 Å². The van der Waals surface area contributed by atoms with E-state index in [1.165, 1.54) is 0 Å². The number of hydrogen-bond donors (Lipinski definition) is 3. The third-order valence-corrected chi connectivity index (χ3v) is 4.53. The molecule has 7 heteroatoms. The maximum absolute atomic E-state index is 12.8. The zero-order valence-electron chi connectivity index (χ0n) is 17.1. The topological polar surface area (TPSA) is 105 Å². The Balaban J connectivity index is 2.04. The second-order valence-electron chi connectivity index (χ2n) is 6.94. The van der Waals surface area contributed by atoms with Gasteiger partial charge < -0.3 is 20.5 Å². The highest BCUT2D eigenvalue weighted by Gasteiger charge is 2.27. The van der Waals surface area contributed by atoms with Crippen molar-refractivity contribution in [3.8, 4) is 12.3 Å². The van der Waals surface area contributed by atoms with E-state index in [0.717, 1.165) is 11.1 Å². The molecule has 0 fully saturated rings. The first kappa shape index (κ1) is 23.5. The monoisotopic (exact) mass is 422 g/mol. The first-order valence-electron chi connectivity index (χ1n) is 9.97. The van der Waals surface area contributed by atoms with Crippen molar-refractivity contribution in [2.75, 3.05) is 0 Å². The number of carbonyl (C=O) groups is 3. The Labute approximate surface area is 181 Å². The molecule has 0 saturated heterocycles.